The lowest BCUT2D eigenvalue weighted by atomic mass is 10.3. The molecule has 0 atom stereocenters. The van der Waals surface area contributed by atoms with E-state index < -0.39 is 26.6 Å². The zero-order valence-corrected chi connectivity index (χ0v) is 12.3. The van der Waals surface area contributed by atoms with E-state index in [9.17, 15) is 17.2 Å². The number of hydrogen-bond acceptors (Lipinski definition) is 3. The first kappa shape index (κ1) is 14.7. The largest absolute Gasteiger partial charge is 0.397 e. The number of hydrogen-bond donors (Lipinski definition) is 2. The van der Waals surface area contributed by atoms with Gasteiger partial charge in [0.1, 0.15) is 16.5 Å². The van der Waals surface area contributed by atoms with E-state index in [0.29, 0.717) is 4.47 Å². The first-order chi connectivity index (χ1) is 9.29. The number of nitrogens with two attached hydrogens (primary N) is 1. The lowest BCUT2D eigenvalue weighted by molar-refractivity contribution is 0.569. The normalized spacial score (nSPS) is 11.3. The third-order valence-electron chi connectivity index (χ3n) is 2.44. The summed E-state index contributed by atoms with van der Waals surface area (Å²) in [6.45, 7) is 0. The quantitative estimate of drug-likeness (QED) is 0.824. The maximum absolute atomic E-state index is 13.7. The highest BCUT2D eigenvalue weighted by Gasteiger charge is 2.20. The van der Waals surface area contributed by atoms with Gasteiger partial charge in [0.05, 0.1) is 11.4 Å². The lowest BCUT2D eigenvalue weighted by Crippen LogP contribution is -2.15. The van der Waals surface area contributed by atoms with Crippen LogP contribution in [0.5, 0.6) is 0 Å². The van der Waals surface area contributed by atoms with Crippen LogP contribution in [-0.2, 0) is 10.0 Å². The molecule has 0 aromatic heterocycles. The van der Waals surface area contributed by atoms with E-state index in [4.69, 9.17) is 5.73 Å². The smallest absolute Gasteiger partial charge is 0.264 e. The van der Waals surface area contributed by atoms with Gasteiger partial charge in [0.2, 0.25) is 0 Å². The molecule has 0 aliphatic rings. The maximum Gasteiger partial charge on any atom is 0.264 e. The summed E-state index contributed by atoms with van der Waals surface area (Å²) in [4.78, 5) is -0.524. The SMILES string of the molecule is Nc1cc(F)ccc1NS(=O)(=O)c1ccc(Br)cc1F. The van der Waals surface area contributed by atoms with Crippen LogP contribution in [0.4, 0.5) is 20.2 Å². The lowest BCUT2D eigenvalue weighted by Gasteiger charge is -2.11. The highest BCUT2D eigenvalue weighted by atomic mass is 79.9. The molecule has 0 unspecified atom stereocenters. The van der Waals surface area contributed by atoms with Crippen molar-refractivity contribution in [1.82, 2.24) is 0 Å². The van der Waals surface area contributed by atoms with Crippen LogP contribution in [0.3, 0.4) is 0 Å². The molecule has 0 aliphatic carbocycles. The van der Waals surface area contributed by atoms with Crippen LogP contribution in [0.25, 0.3) is 0 Å². The molecule has 2 aromatic rings. The molecule has 20 heavy (non-hydrogen) atoms. The number of benzene rings is 2. The van der Waals surface area contributed by atoms with Crippen molar-refractivity contribution in [3.05, 3.63) is 52.5 Å². The van der Waals surface area contributed by atoms with Crippen LogP contribution in [-0.4, -0.2) is 8.42 Å². The third kappa shape index (κ3) is 3.07. The van der Waals surface area contributed by atoms with Gasteiger partial charge < -0.3 is 5.73 Å². The van der Waals surface area contributed by atoms with E-state index in [2.05, 4.69) is 20.7 Å². The van der Waals surface area contributed by atoms with Crippen molar-refractivity contribution in [2.45, 2.75) is 4.90 Å². The number of anilines is 2. The van der Waals surface area contributed by atoms with Gasteiger partial charge in [-0.2, -0.15) is 0 Å². The number of halogens is 3. The Morgan fingerprint density at radius 1 is 1.10 bits per heavy atom. The molecule has 0 fully saturated rings. The van der Waals surface area contributed by atoms with Crippen molar-refractivity contribution in [1.29, 1.82) is 0 Å². The monoisotopic (exact) mass is 362 g/mol. The number of nitrogen functional groups attached to an aromatic ring is 1. The predicted octanol–water partition coefficient (Wildman–Crippen LogP) is 3.11. The van der Waals surface area contributed by atoms with E-state index >= 15 is 0 Å². The second kappa shape index (κ2) is 5.37. The van der Waals surface area contributed by atoms with Crippen LogP contribution in [0, 0.1) is 11.6 Å². The van der Waals surface area contributed by atoms with E-state index in [1.54, 1.807) is 0 Å². The van der Waals surface area contributed by atoms with Crippen molar-refractivity contribution < 1.29 is 17.2 Å². The van der Waals surface area contributed by atoms with E-state index in [0.717, 1.165) is 24.3 Å². The average Bonchev–Trinajstić information content (AvgIpc) is 2.32. The van der Waals surface area contributed by atoms with Crippen molar-refractivity contribution in [2.75, 3.05) is 10.5 Å². The minimum absolute atomic E-state index is 0.0197. The van der Waals surface area contributed by atoms with Gasteiger partial charge in [-0.25, -0.2) is 17.2 Å². The van der Waals surface area contributed by atoms with Gasteiger partial charge in [-0.3, -0.25) is 4.72 Å². The zero-order chi connectivity index (χ0) is 14.9. The van der Waals surface area contributed by atoms with Crippen molar-refractivity contribution in [2.24, 2.45) is 0 Å². The molecule has 0 bridgehead atoms. The molecule has 0 saturated carbocycles. The number of nitrogens with one attached hydrogen (secondary N) is 1. The predicted molar refractivity (Wildman–Crippen MR) is 75.7 cm³/mol. The Hall–Kier alpha value is -1.67. The van der Waals surface area contributed by atoms with Crippen molar-refractivity contribution in [3.8, 4) is 0 Å². The highest BCUT2D eigenvalue weighted by Crippen LogP contribution is 2.25. The minimum Gasteiger partial charge on any atom is -0.397 e. The second-order valence-corrected chi connectivity index (χ2v) is 6.48. The van der Waals surface area contributed by atoms with Gasteiger partial charge in [0.25, 0.3) is 10.0 Å². The second-order valence-electron chi connectivity index (χ2n) is 3.91. The van der Waals surface area contributed by atoms with Crippen LogP contribution in [0.15, 0.2) is 45.8 Å². The Morgan fingerprint density at radius 3 is 2.40 bits per heavy atom. The minimum atomic E-state index is -4.14. The molecule has 2 rings (SSSR count). The van der Waals surface area contributed by atoms with Gasteiger partial charge in [0, 0.05) is 4.47 Å². The summed E-state index contributed by atoms with van der Waals surface area (Å²) in [5.74, 6) is -1.51. The fourth-order valence-electron chi connectivity index (χ4n) is 1.52. The molecule has 0 aliphatic heterocycles. The Balaban J connectivity index is 2.41. The number of sulfonamides is 1. The zero-order valence-electron chi connectivity index (χ0n) is 9.90. The summed E-state index contributed by atoms with van der Waals surface area (Å²) in [7, 11) is -4.14. The average molecular weight is 363 g/mol. The van der Waals surface area contributed by atoms with Gasteiger partial charge in [-0.15, -0.1) is 0 Å². The van der Waals surface area contributed by atoms with E-state index in [1.165, 1.54) is 12.1 Å². The molecule has 4 nitrogen and oxygen atoms in total. The number of rotatable bonds is 3. The molecule has 0 heterocycles. The van der Waals surface area contributed by atoms with E-state index in [-0.39, 0.29) is 11.4 Å². The van der Waals surface area contributed by atoms with Crippen LogP contribution < -0.4 is 10.5 Å². The van der Waals surface area contributed by atoms with Gasteiger partial charge in [-0.1, -0.05) is 15.9 Å². The fourth-order valence-corrected chi connectivity index (χ4v) is 3.00. The Bertz CT molecular complexity index is 766. The summed E-state index contributed by atoms with van der Waals surface area (Å²) in [5, 5.41) is 0. The fraction of sp³-hybridized carbons (Fsp3) is 0. The molecular weight excluding hydrogens is 354 g/mol. The molecule has 106 valence electrons. The molecule has 3 N–H and O–H groups in total. The molecule has 8 heteroatoms. The van der Waals surface area contributed by atoms with E-state index in [1.807, 2.05) is 0 Å². The molecular formula is C12H9BrF2N2O2S. The Morgan fingerprint density at radius 2 is 1.80 bits per heavy atom. The molecule has 0 radical (unpaired) electrons. The topological polar surface area (TPSA) is 72.2 Å². The van der Waals surface area contributed by atoms with Gasteiger partial charge in [0.15, 0.2) is 0 Å². The first-order valence-corrected chi connectivity index (χ1v) is 7.60. The standard InChI is InChI=1S/C12H9BrF2N2O2S/c13-7-1-4-12(9(15)5-7)20(18,19)17-11-3-2-8(14)6-10(11)16/h1-6,17H,16H2. The van der Waals surface area contributed by atoms with Gasteiger partial charge in [-0.05, 0) is 36.4 Å². The van der Waals surface area contributed by atoms with Crippen molar-refractivity contribution in [3.63, 3.8) is 0 Å². The molecule has 0 amide bonds. The summed E-state index contributed by atoms with van der Waals surface area (Å²) in [5.41, 5.74) is 5.39. The maximum atomic E-state index is 13.7. The third-order valence-corrected chi connectivity index (χ3v) is 4.33. The molecule has 2 aromatic carbocycles. The first-order valence-electron chi connectivity index (χ1n) is 5.32. The van der Waals surface area contributed by atoms with Crippen LogP contribution in [0.2, 0.25) is 0 Å². The summed E-state index contributed by atoms with van der Waals surface area (Å²) >= 11 is 3.03. The van der Waals surface area contributed by atoms with Crippen LogP contribution in [0.1, 0.15) is 0 Å². The van der Waals surface area contributed by atoms with Crippen molar-refractivity contribution >= 4 is 37.3 Å². The van der Waals surface area contributed by atoms with Crippen LogP contribution >= 0.6 is 15.9 Å². The van der Waals surface area contributed by atoms with Gasteiger partial charge >= 0.3 is 0 Å². The summed E-state index contributed by atoms with van der Waals surface area (Å²) in [6.07, 6.45) is 0. The summed E-state index contributed by atoms with van der Waals surface area (Å²) < 4.78 is 53.2. The Labute approximate surface area is 122 Å². The highest BCUT2D eigenvalue weighted by molar-refractivity contribution is 9.10. The molecule has 0 spiro atoms. The summed E-state index contributed by atoms with van der Waals surface area (Å²) in [6, 6.07) is 6.72. The molecule has 0 saturated heterocycles. The Kier molecular flexibility index (Phi) is 3.96.